The number of fused-ring (bicyclic) bond motifs is 1. The fraction of sp³-hybridized carbons (Fsp3) is 0.500. The molecule has 0 aromatic heterocycles. The molecule has 1 aliphatic carbocycles. The second-order valence-electron chi connectivity index (χ2n) is 4.96. The fourth-order valence-corrected chi connectivity index (χ4v) is 2.78. The van der Waals surface area contributed by atoms with Crippen LogP contribution in [0.4, 0.5) is 0 Å². The van der Waals surface area contributed by atoms with Crippen molar-refractivity contribution in [2.24, 2.45) is 0 Å². The van der Waals surface area contributed by atoms with Crippen LogP contribution in [0.2, 0.25) is 0 Å². The Morgan fingerprint density at radius 1 is 1.39 bits per heavy atom. The van der Waals surface area contributed by atoms with Crippen LogP contribution in [-0.2, 0) is 16.0 Å². The summed E-state index contributed by atoms with van der Waals surface area (Å²) in [6.45, 7) is 0.655. The van der Waals surface area contributed by atoms with Crippen molar-refractivity contribution in [3.8, 4) is 0 Å². The highest BCUT2D eigenvalue weighted by Crippen LogP contribution is 2.31. The summed E-state index contributed by atoms with van der Waals surface area (Å²) in [6.07, 6.45) is 1.43. The Balaban J connectivity index is 1.74. The van der Waals surface area contributed by atoms with Gasteiger partial charge in [0.25, 0.3) is 0 Å². The average Bonchev–Trinajstić information content (AvgIpc) is 2.98. The molecule has 1 aromatic carbocycles. The van der Waals surface area contributed by atoms with Gasteiger partial charge in [-0.05, 0) is 24.0 Å². The number of hydrogen-bond acceptors (Lipinski definition) is 3. The summed E-state index contributed by atoms with van der Waals surface area (Å²) in [7, 11) is 0. The van der Waals surface area contributed by atoms with E-state index in [4.69, 9.17) is 4.74 Å². The molecule has 0 radical (unpaired) electrons. The molecule has 1 amide bonds. The Morgan fingerprint density at radius 2 is 2.22 bits per heavy atom. The molecule has 1 aromatic rings. The summed E-state index contributed by atoms with van der Waals surface area (Å²) in [5.41, 5.74) is 2.14. The number of hydrogen-bond donors (Lipinski definition) is 2. The number of carbonyl (C=O) groups excluding carboxylic acids is 1. The van der Waals surface area contributed by atoms with E-state index in [2.05, 4.69) is 5.32 Å². The lowest BCUT2D eigenvalue weighted by molar-refractivity contribution is -0.131. The minimum atomic E-state index is -0.534. The van der Waals surface area contributed by atoms with Crippen LogP contribution < -0.4 is 5.32 Å². The molecule has 2 aliphatic rings. The van der Waals surface area contributed by atoms with E-state index in [0.717, 1.165) is 24.0 Å². The predicted octanol–water partition coefficient (Wildman–Crippen LogP) is 0.940. The Labute approximate surface area is 106 Å². The SMILES string of the molecule is O=C(NC1c2ccccc2CC1O)[C@H]1CCCO1. The lowest BCUT2D eigenvalue weighted by Gasteiger charge is -2.20. The molecule has 1 heterocycles. The second kappa shape index (κ2) is 4.71. The molecule has 18 heavy (non-hydrogen) atoms. The number of benzene rings is 1. The maximum atomic E-state index is 12.0. The van der Waals surface area contributed by atoms with Crippen molar-refractivity contribution in [3.63, 3.8) is 0 Å². The molecular formula is C14H17NO3. The number of carbonyl (C=O) groups is 1. The van der Waals surface area contributed by atoms with Crippen LogP contribution in [0.1, 0.15) is 30.0 Å². The molecule has 0 spiro atoms. The summed E-state index contributed by atoms with van der Waals surface area (Å²) < 4.78 is 5.35. The van der Waals surface area contributed by atoms with Gasteiger partial charge in [-0.3, -0.25) is 4.79 Å². The zero-order valence-electron chi connectivity index (χ0n) is 10.1. The monoisotopic (exact) mass is 247 g/mol. The standard InChI is InChI=1S/C14H17NO3/c16-11-8-9-4-1-2-5-10(9)13(11)15-14(17)12-6-3-7-18-12/h1-2,4-5,11-13,16H,3,6-8H2,(H,15,17)/t11?,12-,13?/m1/s1. The number of ether oxygens (including phenoxy) is 1. The van der Waals surface area contributed by atoms with Gasteiger partial charge in [-0.1, -0.05) is 24.3 Å². The third kappa shape index (κ3) is 2.02. The molecule has 96 valence electrons. The van der Waals surface area contributed by atoms with Crippen LogP contribution >= 0.6 is 0 Å². The van der Waals surface area contributed by atoms with Crippen molar-refractivity contribution in [1.82, 2.24) is 5.32 Å². The smallest absolute Gasteiger partial charge is 0.249 e. The summed E-state index contributed by atoms with van der Waals surface area (Å²) in [5, 5.41) is 13.0. The highest BCUT2D eigenvalue weighted by atomic mass is 16.5. The number of rotatable bonds is 2. The molecule has 4 nitrogen and oxygen atoms in total. The van der Waals surface area contributed by atoms with E-state index in [1.165, 1.54) is 0 Å². The first-order chi connectivity index (χ1) is 8.75. The molecule has 3 atom stereocenters. The van der Waals surface area contributed by atoms with Gasteiger partial charge in [0.05, 0.1) is 12.1 Å². The fourth-order valence-electron chi connectivity index (χ4n) is 2.78. The highest BCUT2D eigenvalue weighted by molar-refractivity contribution is 5.81. The Hall–Kier alpha value is -1.39. The van der Waals surface area contributed by atoms with Crippen molar-refractivity contribution in [1.29, 1.82) is 0 Å². The summed E-state index contributed by atoms with van der Waals surface area (Å²) in [5.74, 6) is -0.103. The zero-order valence-corrected chi connectivity index (χ0v) is 10.1. The van der Waals surface area contributed by atoms with Crippen LogP contribution in [-0.4, -0.2) is 29.8 Å². The van der Waals surface area contributed by atoms with E-state index < -0.39 is 6.10 Å². The molecule has 2 N–H and O–H groups in total. The van der Waals surface area contributed by atoms with Crippen LogP contribution in [0, 0.1) is 0 Å². The van der Waals surface area contributed by atoms with Gasteiger partial charge in [-0.15, -0.1) is 0 Å². The van der Waals surface area contributed by atoms with E-state index in [0.29, 0.717) is 13.0 Å². The molecular weight excluding hydrogens is 230 g/mol. The number of amides is 1. The van der Waals surface area contributed by atoms with Gasteiger partial charge < -0.3 is 15.2 Å². The van der Waals surface area contributed by atoms with Crippen molar-refractivity contribution < 1.29 is 14.6 Å². The lowest BCUT2D eigenvalue weighted by Crippen LogP contribution is -2.40. The molecule has 1 fully saturated rings. The average molecular weight is 247 g/mol. The van der Waals surface area contributed by atoms with E-state index in [-0.39, 0.29) is 18.1 Å². The Morgan fingerprint density at radius 3 is 3.00 bits per heavy atom. The molecule has 1 aliphatic heterocycles. The van der Waals surface area contributed by atoms with Gasteiger partial charge in [-0.2, -0.15) is 0 Å². The van der Waals surface area contributed by atoms with Gasteiger partial charge in [0.1, 0.15) is 6.10 Å². The normalized spacial score (nSPS) is 30.2. The third-order valence-corrected chi connectivity index (χ3v) is 3.72. The molecule has 3 rings (SSSR count). The van der Waals surface area contributed by atoms with Crippen LogP contribution in [0.25, 0.3) is 0 Å². The van der Waals surface area contributed by atoms with Crippen molar-refractivity contribution in [2.75, 3.05) is 6.61 Å². The van der Waals surface area contributed by atoms with Crippen LogP contribution in [0.15, 0.2) is 24.3 Å². The minimum absolute atomic E-state index is 0.103. The molecule has 2 unspecified atom stereocenters. The maximum absolute atomic E-state index is 12.0. The first-order valence-corrected chi connectivity index (χ1v) is 6.43. The van der Waals surface area contributed by atoms with Crippen LogP contribution in [0.5, 0.6) is 0 Å². The van der Waals surface area contributed by atoms with E-state index in [1.54, 1.807) is 0 Å². The molecule has 0 saturated carbocycles. The number of aliphatic hydroxyl groups is 1. The molecule has 1 saturated heterocycles. The molecule has 4 heteroatoms. The summed E-state index contributed by atoms with van der Waals surface area (Å²) in [6, 6.07) is 7.55. The first kappa shape index (κ1) is 11.7. The summed E-state index contributed by atoms with van der Waals surface area (Å²) >= 11 is 0. The summed E-state index contributed by atoms with van der Waals surface area (Å²) in [4.78, 5) is 12.0. The third-order valence-electron chi connectivity index (χ3n) is 3.72. The Kier molecular flexibility index (Phi) is 3.06. The highest BCUT2D eigenvalue weighted by Gasteiger charge is 2.34. The second-order valence-corrected chi connectivity index (χ2v) is 4.96. The van der Waals surface area contributed by atoms with Crippen molar-refractivity contribution in [3.05, 3.63) is 35.4 Å². The van der Waals surface area contributed by atoms with Crippen LogP contribution in [0.3, 0.4) is 0 Å². The van der Waals surface area contributed by atoms with Gasteiger partial charge in [0.15, 0.2) is 0 Å². The van der Waals surface area contributed by atoms with E-state index >= 15 is 0 Å². The number of nitrogens with one attached hydrogen (secondary N) is 1. The lowest BCUT2D eigenvalue weighted by atomic mass is 10.1. The minimum Gasteiger partial charge on any atom is -0.390 e. The number of aliphatic hydroxyl groups excluding tert-OH is 1. The zero-order chi connectivity index (χ0) is 12.5. The van der Waals surface area contributed by atoms with Crippen molar-refractivity contribution in [2.45, 2.75) is 37.5 Å². The van der Waals surface area contributed by atoms with Gasteiger partial charge >= 0.3 is 0 Å². The Bertz CT molecular complexity index is 454. The quantitative estimate of drug-likeness (QED) is 0.817. The predicted molar refractivity (Wildman–Crippen MR) is 66.0 cm³/mol. The topological polar surface area (TPSA) is 58.6 Å². The first-order valence-electron chi connectivity index (χ1n) is 6.43. The van der Waals surface area contributed by atoms with E-state index in [9.17, 15) is 9.90 Å². The molecule has 0 bridgehead atoms. The largest absolute Gasteiger partial charge is 0.390 e. The van der Waals surface area contributed by atoms with Gasteiger partial charge in [0, 0.05) is 13.0 Å². The van der Waals surface area contributed by atoms with Crippen molar-refractivity contribution >= 4 is 5.91 Å². The van der Waals surface area contributed by atoms with Gasteiger partial charge in [0.2, 0.25) is 5.91 Å². The maximum Gasteiger partial charge on any atom is 0.249 e. The van der Waals surface area contributed by atoms with Gasteiger partial charge in [-0.25, -0.2) is 0 Å². The van der Waals surface area contributed by atoms with E-state index in [1.807, 2.05) is 24.3 Å².